The molecule has 3 aliphatic rings. The quantitative estimate of drug-likeness (QED) is 0.373. The summed E-state index contributed by atoms with van der Waals surface area (Å²) in [7, 11) is 0. The lowest BCUT2D eigenvalue weighted by atomic mass is 9.66. The second-order valence-electron chi connectivity index (χ2n) is 9.35. The normalized spacial score (nSPS) is 33.7. The Morgan fingerprint density at radius 1 is 1.38 bits per heavy atom. The number of hydrogen-bond donors (Lipinski definition) is 1. The smallest absolute Gasteiger partial charge is 0.311 e. The minimum absolute atomic E-state index is 0.0905. The van der Waals surface area contributed by atoms with Gasteiger partial charge in [0.1, 0.15) is 12.6 Å². The molecule has 0 aliphatic carbocycles. The average Bonchev–Trinajstić information content (AvgIpc) is 3.34. The van der Waals surface area contributed by atoms with Gasteiger partial charge in [0.05, 0.1) is 29.2 Å². The summed E-state index contributed by atoms with van der Waals surface area (Å²) >= 11 is 1.61. The summed E-state index contributed by atoms with van der Waals surface area (Å²) in [6.07, 6.45) is 6.43. The van der Waals surface area contributed by atoms with Crippen molar-refractivity contribution in [3.05, 3.63) is 25.3 Å². The van der Waals surface area contributed by atoms with Crippen molar-refractivity contribution in [3.8, 4) is 0 Å². The number of nitrogens with zero attached hydrogens (tertiary/aromatic N) is 2. The molecule has 1 spiro atoms. The minimum Gasteiger partial charge on any atom is -0.461 e. The summed E-state index contributed by atoms with van der Waals surface area (Å²) in [6, 6.07) is -1.24. The van der Waals surface area contributed by atoms with E-state index in [0.29, 0.717) is 19.5 Å². The lowest BCUT2D eigenvalue weighted by Crippen LogP contribution is -2.57. The van der Waals surface area contributed by atoms with E-state index in [-0.39, 0.29) is 25.0 Å². The first-order valence-electron chi connectivity index (χ1n) is 11.5. The number of likely N-dealkylation sites (tertiary alicyclic amines) is 1. The Balaban J connectivity index is 2.05. The van der Waals surface area contributed by atoms with Crippen LogP contribution in [0.3, 0.4) is 0 Å². The molecule has 0 aromatic heterocycles. The van der Waals surface area contributed by atoms with Crippen LogP contribution in [0.25, 0.3) is 0 Å². The maximum Gasteiger partial charge on any atom is 0.311 e. The van der Waals surface area contributed by atoms with Gasteiger partial charge < -0.3 is 19.6 Å². The molecule has 2 bridgehead atoms. The summed E-state index contributed by atoms with van der Waals surface area (Å²) in [6.45, 7) is 14.1. The molecular formula is C24H36N2O5S. The molecule has 178 valence electrons. The first kappa shape index (κ1) is 24.8. The highest BCUT2D eigenvalue weighted by Gasteiger charge is 2.78. The van der Waals surface area contributed by atoms with Crippen LogP contribution in [0.1, 0.15) is 46.5 Å². The lowest BCUT2D eigenvalue weighted by molar-refractivity contribution is -0.155. The maximum absolute atomic E-state index is 14.0. The number of rotatable bonds is 11. The molecule has 2 amide bonds. The number of esters is 1. The van der Waals surface area contributed by atoms with Crippen LogP contribution >= 0.6 is 11.8 Å². The third-order valence-electron chi connectivity index (χ3n) is 7.23. The molecule has 3 aliphatic heterocycles. The van der Waals surface area contributed by atoms with Gasteiger partial charge in [0.25, 0.3) is 0 Å². The highest BCUT2D eigenvalue weighted by Crippen LogP contribution is 2.71. The zero-order valence-corrected chi connectivity index (χ0v) is 20.2. The number of aliphatic hydroxyl groups excluding tert-OH is 1. The van der Waals surface area contributed by atoms with Gasteiger partial charge in [-0.2, -0.15) is 0 Å². The molecule has 0 radical (unpaired) electrons. The van der Waals surface area contributed by atoms with Crippen molar-refractivity contribution in [3.63, 3.8) is 0 Å². The van der Waals surface area contributed by atoms with Crippen molar-refractivity contribution in [2.24, 2.45) is 11.8 Å². The minimum atomic E-state index is -0.719. The number of thioether (sulfide) groups is 1. The van der Waals surface area contributed by atoms with E-state index in [1.54, 1.807) is 34.6 Å². The lowest BCUT2D eigenvalue weighted by Gasteiger charge is -2.38. The summed E-state index contributed by atoms with van der Waals surface area (Å²) in [5.74, 6) is -2.01. The number of fused-ring (bicyclic) bond motifs is 1. The van der Waals surface area contributed by atoms with Crippen molar-refractivity contribution in [1.29, 1.82) is 0 Å². The molecule has 3 heterocycles. The van der Waals surface area contributed by atoms with Crippen LogP contribution in [0.2, 0.25) is 0 Å². The molecule has 0 aromatic rings. The Bertz CT molecular complexity index is 788. The summed E-state index contributed by atoms with van der Waals surface area (Å²) in [4.78, 5) is 44.1. The summed E-state index contributed by atoms with van der Waals surface area (Å²) < 4.78 is 4.25. The molecule has 0 saturated carbocycles. The standard InChI is InChI=1S/C24H36N2O5S/c1-6-9-13-25(12-7-2)21(29)19-24-11-10-23(5,32-24)18(22(30)31-14-8-3)17(24)20(28)26(19)16(4)15-27/h7-8,16-19,27H,2-3,6,9-15H2,1,4-5H3/t16-,17+,18+,19?,23-,24?/m1/s1. The number of carbonyl (C=O) groups excluding carboxylic acids is 3. The van der Waals surface area contributed by atoms with Gasteiger partial charge in [-0.05, 0) is 33.1 Å². The summed E-state index contributed by atoms with van der Waals surface area (Å²) in [5, 5.41) is 9.92. The Morgan fingerprint density at radius 2 is 2.09 bits per heavy atom. The zero-order valence-electron chi connectivity index (χ0n) is 19.4. The average molecular weight is 465 g/mol. The fourth-order valence-electron chi connectivity index (χ4n) is 5.76. The van der Waals surface area contributed by atoms with E-state index in [1.807, 2.05) is 6.92 Å². The molecule has 3 rings (SSSR count). The molecule has 0 aromatic carbocycles. The number of aliphatic hydroxyl groups is 1. The van der Waals surface area contributed by atoms with Crippen LogP contribution in [0.15, 0.2) is 25.3 Å². The molecule has 2 unspecified atom stereocenters. The highest BCUT2D eigenvalue weighted by atomic mass is 32.2. The van der Waals surface area contributed by atoms with Gasteiger partial charge in [0.2, 0.25) is 11.8 Å². The third-order valence-corrected chi connectivity index (χ3v) is 9.21. The van der Waals surface area contributed by atoms with E-state index in [0.717, 1.165) is 19.3 Å². The molecule has 7 nitrogen and oxygen atoms in total. The van der Waals surface area contributed by atoms with Crippen LogP contribution in [-0.4, -0.2) is 80.6 Å². The molecule has 3 fully saturated rings. The van der Waals surface area contributed by atoms with E-state index in [1.165, 1.54) is 6.08 Å². The Hall–Kier alpha value is -1.80. The second-order valence-corrected chi connectivity index (χ2v) is 11.2. The van der Waals surface area contributed by atoms with Crippen molar-refractivity contribution in [1.82, 2.24) is 9.80 Å². The Labute approximate surface area is 195 Å². The Morgan fingerprint density at radius 3 is 2.69 bits per heavy atom. The number of amides is 2. The van der Waals surface area contributed by atoms with Gasteiger partial charge in [0, 0.05) is 17.8 Å². The molecule has 6 atom stereocenters. The fraction of sp³-hybridized carbons (Fsp3) is 0.708. The van der Waals surface area contributed by atoms with Crippen molar-refractivity contribution < 1.29 is 24.2 Å². The maximum atomic E-state index is 14.0. The van der Waals surface area contributed by atoms with Crippen molar-refractivity contribution >= 4 is 29.5 Å². The number of carbonyl (C=O) groups is 3. The monoisotopic (exact) mass is 464 g/mol. The third kappa shape index (κ3) is 3.79. The summed E-state index contributed by atoms with van der Waals surface area (Å²) in [5.41, 5.74) is 0. The van der Waals surface area contributed by atoms with Gasteiger partial charge in [-0.15, -0.1) is 18.3 Å². The van der Waals surface area contributed by atoms with Crippen LogP contribution in [0.5, 0.6) is 0 Å². The van der Waals surface area contributed by atoms with E-state index < -0.39 is 39.4 Å². The van der Waals surface area contributed by atoms with Gasteiger partial charge >= 0.3 is 5.97 Å². The molecule has 8 heteroatoms. The number of hydrogen-bond acceptors (Lipinski definition) is 6. The van der Waals surface area contributed by atoms with Crippen LogP contribution in [0.4, 0.5) is 0 Å². The van der Waals surface area contributed by atoms with Gasteiger partial charge in [0.15, 0.2) is 0 Å². The number of ether oxygens (including phenoxy) is 1. The molecular weight excluding hydrogens is 428 g/mol. The zero-order chi connectivity index (χ0) is 23.7. The molecule has 32 heavy (non-hydrogen) atoms. The number of unbranched alkanes of at least 4 members (excludes halogenated alkanes) is 1. The largest absolute Gasteiger partial charge is 0.461 e. The topological polar surface area (TPSA) is 87.1 Å². The Kier molecular flexibility index (Phi) is 7.44. The van der Waals surface area contributed by atoms with Crippen LogP contribution in [0, 0.1) is 11.8 Å². The first-order chi connectivity index (χ1) is 15.2. The predicted octanol–water partition coefficient (Wildman–Crippen LogP) is 2.39. The first-order valence-corrected chi connectivity index (χ1v) is 12.3. The van der Waals surface area contributed by atoms with Gasteiger partial charge in [-0.1, -0.05) is 32.1 Å². The van der Waals surface area contributed by atoms with E-state index in [9.17, 15) is 19.5 Å². The SMILES string of the molecule is C=CCOC(=O)[C@@H]1[C@H]2C(=O)N([C@H](C)CO)C(C(=O)N(CC=C)CCCC)C23CC[C@@]1(C)S3. The van der Waals surface area contributed by atoms with Crippen molar-refractivity contribution in [2.45, 2.75) is 68.0 Å². The highest BCUT2D eigenvalue weighted by molar-refractivity contribution is 8.02. The van der Waals surface area contributed by atoms with Crippen molar-refractivity contribution in [2.75, 3.05) is 26.3 Å². The fourth-order valence-corrected chi connectivity index (χ4v) is 8.09. The molecule has 3 saturated heterocycles. The van der Waals surface area contributed by atoms with E-state index in [4.69, 9.17) is 4.74 Å². The van der Waals surface area contributed by atoms with Gasteiger partial charge in [-0.25, -0.2) is 0 Å². The van der Waals surface area contributed by atoms with Gasteiger partial charge in [-0.3, -0.25) is 14.4 Å². The predicted molar refractivity (Wildman–Crippen MR) is 125 cm³/mol. The second kappa shape index (κ2) is 9.59. The van der Waals surface area contributed by atoms with Crippen LogP contribution < -0.4 is 0 Å². The molecule has 1 N–H and O–H groups in total. The van der Waals surface area contributed by atoms with E-state index >= 15 is 0 Å². The van der Waals surface area contributed by atoms with E-state index in [2.05, 4.69) is 20.1 Å². The van der Waals surface area contributed by atoms with Crippen LogP contribution in [-0.2, 0) is 19.1 Å².